The predicted octanol–water partition coefficient (Wildman–Crippen LogP) is 4.19. The van der Waals surface area contributed by atoms with E-state index in [0.717, 1.165) is 17.7 Å². The van der Waals surface area contributed by atoms with Crippen LogP contribution in [0, 0.1) is 0 Å². The molecular weight excluding hydrogens is 392 g/mol. The number of nitrogens with one attached hydrogen (secondary N) is 2. The molecule has 0 fully saturated rings. The molecule has 0 heterocycles. The van der Waals surface area contributed by atoms with Crippen LogP contribution >= 0.6 is 23.8 Å². The van der Waals surface area contributed by atoms with E-state index in [1.807, 2.05) is 13.0 Å². The standard InChI is InChI=1S/C18H21ClN2O3S2/c1-4-16(12-5-8-14(9-6-12)26(3,22)23)21-18(25)20-13-7-10-17(24-2)15(19)11-13/h5-11,16H,4H2,1-3H3,(H2,20,21,25)/t16-/m1/s1. The van der Waals surface area contributed by atoms with Gasteiger partial charge >= 0.3 is 0 Å². The molecule has 26 heavy (non-hydrogen) atoms. The van der Waals surface area contributed by atoms with Crippen molar-refractivity contribution in [3.63, 3.8) is 0 Å². The molecule has 0 bridgehead atoms. The second-order valence-corrected chi connectivity index (χ2v) is 8.58. The van der Waals surface area contributed by atoms with Crippen LogP contribution in [0.3, 0.4) is 0 Å². The molecule has 140 valence electrons. The van der Waals surface area contributed by atoms with Crippen molar-refractivity contribution in [2.24, 2.45) is 0 Å². The molecule has 0 aromatic heterocycles. The molecule has 0 aliphatic carbocycles. The summed E-state index contributed by atoms with van der Waals surface area (Å²) in [6.45, 7) is 2.02. The van der Waals surface area contributed by atoms with E-state index in [0.29, 0.717) is 20.8 Å². The summed E-state index contributed by atoms with van der Waals surface area (Å²) in [6.07, 6.45) is 1.97. The van der Waals surface area contributed by atoms with Crippen molar-refractivity contribution in [1.82, 2.24) is 5.32 Å². The van der Waals surface area contributed by atoms with Gasteiger partial charge in [0.2, 0.25) is 0 Å². The first-order valence-electron chi connectivity index (χ1n) is 7.95. The van der Waals surface area contributed by atoms with Gasteiger partial charge in [0, 0.05) is 11.9 Å². The number of thiocarbonyl (C=S) groups is 1. The first-order valence-corrected chi connectivity index (χ1v) is 10.6. The Kier molecular flexibility index (Phi) is 6.86. The Morgan fingerprint density at radius 2 is 1.88 bits per heavy atom. The predicted molar refractivity (Wildman–Crippen MR) is 110 cm³/mol. The Bertz CT molecular complexity index is 884. The summed E-state index contributed by atoms with van der Waals surface area (Å²) in [5, 5.41) is 7.26. The molecule has 0 radical (unpaired) electrons. The third kappa shape index (κ3) is 5.33. The van der Waals surface area contributed by atoms with Gasteiger partial charge in [-0.1, -0.05) is 30.7 Å². The van der Waals surface area contributed by atoms with Gasteiger partial charge in [0.25, 0.3) is 0 Å². The number of sulfone groups is 1. The third-order valence-corrected chi connectivity index (χ3v) is 5.48. The van der Waals surface area contributed by atoms with E-state index in [-0.39, 0.29) is 6.04 Å². The van der Waals surface area contributed by atoms with E-state index in [9.17, 15) is 8.42 Å². The van der Waals surface area contributed by atoms with Crippen LogP contribution in [-0.2, 0) is 9.84 Å². The molecule has 0 amide bonds. The maximum absolute atomic E-state index is 11.6. The Morgan fingerprint density at radius 3 is 2.38 bits per heavy atom. The summed E-state index contributed by atoms with van der Waals surface area (Å²) in [7, 11) is -1.65. The van der Waals surface area contributed by atoms with Crippen molar-refractivity contribution in [2.45, 2.75) is 24.3 Å². The minimum absolute atomic E-state index is 0.0441. The highest BCUT2D eigenvalue weighted by Crippen LogP contribution is 2.27. The lowest BCUT2D eigenvalue weighted by Gasteiger charge is -2.20. The Labute approximate surface area is 164 Å². The zero-order chi connectivity index (χ0) is 19.3. The number of methoxy groups -OCH3 is 1. The molecule has 0 spiro atoms. The molecule has 2 N–H and O–H groups in total. The van der Waals surface area contributed by atoms with E-state index < -0.39 is 9.84 Å². The van der Waals surface area contributed by atoms with Crippen LogP contribution in [0.15, 0.2) is 47.4 Å². The number of anilines is 1. The lowest BCUT2D eigenvalue weighted by Crippen LogP contribution is -2.32. The van der Waals surface area contributed by atoms with Crippen molar-refractivity contribution in [2.75, 3.05) is 18.7 Å². The molecule has 1 atom stereocenters. The molecule has 5 nitrogen and oxygen atoms in total. The molecule has 0 saturated heterocycles. The van der Waals surface area contributed by atoms with Gasteiger partial charge in [0.15, 0.2) is 14.9 Å². The van der Waals surface area contributed by atoms with Crippen molar-refractivity contribution < 1.29 is 13.2 Å². The van der Waals surface area contributed by atoms with Gasteiger partial charge in [-0.25, -0.2) is 8.42 Å². The van der Waals surface area contributed by atoms with Gasteiger partial charge in [-0.2, -0.15) is 0 Å². The SMILES string of the molecule is CC[C@@H](NC(=S)Nc1ccc(OC)c(Cl)c1)c1ccc(S(C)(=O)=O)cc1. The third-order valence-electron chi connectivity index (χ3n) is 3.83. The maximum Gasteiger partial charge on any atom is 0.175 e. The van der Waals surface area contributed by atoms with Gasteiger partial charge in [-0.05, 0) is 54.5 Å². The molecule has 2 aromatic rings. The highest BCUT2D eigenvalue weighted by Gasteiger charge is 2.13. The van der Waals surface area contributed by atoms with Crippen LogP contribution in [0.2, 0.25) is 5.02 Å². The van der Waals surface area contributed by atoms with Gasteiger partial charge < -0.3 is 15.4 Å². The topological polar surface area (TPSA) is 67.4 Å². The molecule has 0 aliphatic rings. The van der Waals surface area contributed by atoms with E-state index in [2.05, 4.69) is 10.6 Å². The fraction of sp³-hybridized carbons (Fsp3) is 0.278. The highest BCUT2D eigenvalue weighted by atomic mass is 35.5. The molecular formula is C18H21ClN2O3S2. The number of benzene rings is 2. The van der Waals surface area contributed by atoms with Crippen LogP contribution < -0.4 is 15.4 Å². The van der Waals surface area contributed by atoms with Gasteiger partial charge in [0.1, 0.15) is 5.75 Å². The average molecular weight is 413 g/mol. The molecule has 2 rings (SSSR count). The van der Waals surface area contributed by atoms with E-state index in [1.165, 1.54) is 6.26 Å². The van der Waals surface area contributed by atoms with Crippen LogP contribution in [-0.4, -0.2) is 26.9 Å². The fourth-order valence-electron chi connectivity index (χ4n) is 2.44. The summed E-state index contributed by atoms with van der Waals surface area (Å²) >= 11 is 11.5. The lowest BCUT2D eigenvalue weighted by molar-refractivity contribution is 0.415. The Morgan fingerprint density at radius 1 is 1.23 bits per heavy atom. The van der Waals surface area contributed by atoms with Crippen molar-refractivity contribution in [1.29, 1.82) is 0 Å². The summed E-state index contributed by atoms with van der Waals surface area (Å²) in [4.78, 5) is 0.296. The second-order valence-electron chi connectivity index (χ2n) is 5.75. The lowest BCUT2D eigenvalue weighted by atomic mass is 10.1. The Balaban J connectivity index is 2.07. The average Bonchev–Trinajstić information content (AvgIpc) is 2.59. The minimum Gasteiger partial charge on any atom is -0.495 e. The summed E-state index contributed by atoms with van der Waals surface area (Å²) in [6, 6.07) is 12.1. The largest absolute Gasteiger partial charge is 0.495 e. The summed E-state index contributed by atoms with van der Waals surface area (Å²) in [5.74, 6) is 0.591. The number of ether oxygens (including phenoxy) is 1. The van der Waals surface area contributed by atoms with E-state index in [4.69, 9.17) is 28.6 Å². The van der Waals surface area contributed by atoms with Crippen LogP contribution in [0.25, 0.3) is 0 Å². The second kappa shape index (κ2) is 8.70. The normalized spacial score (nSPS) is 12.3. The summed E-state index contributed by atoms with van der Waals surface area (Å²) in [5.41, 5.74) is 1.70. The monoisotopic (exact) mass is 412 g/mol. The zero-order valence-corrected chi connectivity index (χ0v) is 17.1. The van der Waals surface area contributed by atoms with Crippen molar-refractivity contribution in [3.05, 3.63) is 53.1 Å². The first kappa shape index (κ1) is 20.5. The summed E-state index contributed by atoms with van der Waals surface area (Å²) < 4.78 is 28.3. The molecule has 2 aromatic carbocycles. The van der Waals surface area contributed by atoms with E-state index >= 15 is 0 Å². The van der Waals surface area contributed by atoms with Gasteiger partial charge in [0.05, 0.1) is 23.1 Å². The molecule has 0 saturated carbocycles. The highest BCUT2D eigenvalue weighted by molar-refractivity contribution is 7.90. The quantitative estimate of drug-likeness (QED) is 0.693. The zero-order valence-electron chi connectivity index (χ0n) is 14.7. The van der Waals surface area contributed by atoms with Crippen molar-refractivity contribution >= 4 is 44.5 Å². The molecule has 0 aliphatic heterocycles. The van der Waals surface area contributed by atoms with Crippen LogP contribution in [0.5, 0.6) is 5.75 Å². The van der Waals surface area contributed by atoms with Crippen LogP contribution in [0.4, 0.5) is 5.69 Å². The number of halogens is 1. The smallest absolute Gasteiger partial charge is 0.175 e. The number of hydrogen-bond donors (Lipinski definition) is 2. The first-order chi connectivity index (χ1) is 12.2. The fourth-order valence-corrected chi connectivity index (χ4v) is 3.59. The van der Waals surface area contributed by atoms with Gasteiger partial charge in [-0.3, -0.25) is 0 Å². The van der Waals surface area contributed by atoms with Gasteiger partial charge in [-0.15, -0.1) is 0 Å². The maximum atomic E-state index is 11.6. The molecule has 8 heteroatoms. The molecule has 0 unspecified atom stereocenters. The minimum atomic E-state index is -3.21. The van der Waals surface area contributed by atoms with Crippen LogP contribution in [0.1, 0.15) is 24.9 Å². The Hall–Kier alpha value is -1.83. The number of rotatable bonds is 6. The van der Waals surface area contributed by atoms with Crippen molar-refractivity contribution in [3.8, 4) is 5.75 Å². The number of hydrogen-bond acceptors (Lipinski definition) is 4. The van der Waals surface area contributed by atoms with E-state index in [1.54, 1.807) is 43.5 Å².